The van der Waals surface area contributed by atoms with Crippen LogP contribution in [0.5, 0.6) is 0 Å². The summed E-state index contributed by atoms with van der Waals surface area (Å²) in [5, 5.41) is 6.23. The van der Waals surface area contributed by atoms with Crippen molar-refractivity contribution in [3.8, 4) is 0 Å². The summed E-state index contributed by atoms with van der Waals surface area (Å²) in [7, 11) is 3.81. The molecule has 22 heavy (non-hydrogen) atoms. The van der Waals surface area contributed by atoms with Crippen molar-refractivity contribution in [1.82, 2.24) is 25.1 Å². The minimum absolute atomic E-state index is 0.159. The molecule has 2 aromatic rings. The summed E-state index contributed by atoms with van der Waals surface area (Å²) >= 11 is 0. The zero-order valence-electron chi connectivity index (χ0n) is 12.9. The Morgan fingerprint density at radius 2 is 1.95 bits per heavy atom. The van der Waals surface area contributed by atoms with Crippen LogP contribution in [0.15, 0.2) is 9.21 Å². The molecular formula is C13H19N7O2. The Bertz CT molecular complexity index is 700. The van der Waals surface area contributed by atoms with E-state index in [1.807, 2.05) is 25.9 Å². The van der Waals surface area contributed by atoms with Crippen LogP contribution in [0, 0.1) is 6.92 Å². The molecular weight excluding hydrogens is 286 g/mol. The Morgan fingerprint density at radius 3 is 2.55 bits per heavy atom. The highest BCUT2D eigenvalue weighted by molar-refractivity contribution is 5.38. The third-order valence-corrected chi connectivity index (χ3v) is 3.71. The Balaban J connectivity index is 1.72. The quantitative estimate of drug-likeness (QED) is 0.863. The molecule has 0 aromatic carbocycles. The summed E-state index contributed by atoms with van der Waals surface area (Å²) < 4.78 is 5.04. The normalized spacial score (nSPS) is 16.0. The Kier molecular flexibility index (Phi) is 3.78. The van der Waals surface area contributed by atoms with Crippen molar-refractivity contribution in [1.29, 1.82) is 0 Å². The highest BCUT2D eigenvalue weighted by Gasteiger charge is 2.26. The van der Waals surface area contributed by atoms with Crippen LogP contribution in [0.1, 0.15) is 30.5 Å². The zero-order valence-corrected chi connectivity index (χ0v) is 12.9. The first-order valence-electron chi connectivity index (χ1n) is 7.23. The van der Waals surface area contributed by atoms with Gasteiger partial charge in [0.2, 0.25) is 17.8 Å². The predicted molar refractivity (Wildman–Crippen MR) is 80.2 cm³/mol. The lowest BCUT2D eigenvalue weighted by Crippen LogP contribution is -2.35. The molecule has 1 aliphatic heterocycles. The molecule has 118 valence electrons. The van der Waals surface area contributed by atoms with Crippen molar-refractivity contribution >= 4 is 11.9 Å². The van der Waals surface area contributed by atoms with Crippen LogP contribution in [-0.4, -0.2) is 52.3 Å². The van der Waals surface area contributed by atoms with Gasteiger partial charge in [0.1, 0.15) is 5.82 Å². The number of rotatable bonds is 3. The fourth-order valence-electron chi connectivity index (χ4n) is 2.54. The number of H-pyrrole nitrogens is 1. The van der Waals surface area contributed by atoms with Gasteiger partial charge in [-0.05, 0) is 19.8 Å². The number of hydrogen-bond donors (Lipinski definition) is 1. The SMILES string of the molecule is Cc1nc(N(C)C)nc(N2CCC(c3n[nH]c(=O)o3)CC2)n1. The van der Waals surface area contributed by atoms with Gasteiger partial charge in [-0.1, -0.05) is 0 Å². The maximum Gasteiger partial charge on any atom is 0.434 e. The van der Waals surface area contributed by atoms with Gasteiger partial charge in [0.05, 0.1) is 0 Å². The highest BCUT2D eigenvalue weighted by atomic mass is 16.4. The van der Waals surface area contributed by atoms with E-state index in [1.165, 1.54) is 0 Å². The third-order valence-electron chi connectivity index (χ3n) is 3.71. The molecule has 0 amide bonds. The molecule has 0 aliphatic carbocycles. The molecule has 0 atom stereocenters. The van der Waals surface area contributed by atoms with Gasteiger partial charge < -0.3 is 14.2 Å². The molecule has 2 aromatic heterocycles. The smallest absolute Gasteiger partial charge is 0.392 e. The summed E-state index contributed by atoms with van der Waals surface area (Å²) in [6.07, 6.45) is 1.69. The number of aromatic nitrogens is 5. The molecule has 0 saturated carbocycles. The summed E-state index contributed by atoms with van der Waals surface area (Å²) in [4.78, 5) is 28.2. The fraction of sp³-hybridized carbons (Fsp3) is 0.615. The summed E-state index contributed by atoms with van der Waals surface area (Å²) in [5.74, 6) is 2.20. The maximum absolute atomic E-state index is 11.0. The van der Waals surface area contributed by atoms with Crippen molar-refractivity contribution in [2.24, 2.45) is 0 Å². The summed E-state index contributed by atoms with van der Waals surface area (Å²) in [5.41, 5.74) is 0. The first-order valence-corrected chi connectivity index (χ1v) is 7.23. The molecule has 1 N–H and O–H groups in total. The van der Waals surface area contributed by atoms with Gasteiger partial charge in [0, 0.05) is 33.1 Å². The summed E-state index contributed by atoms with van der Waals surface area (Å²) in [6, 6.07) is 0. The van der Waals surface area contributed by atoms with Crippen molar-refractivity contribution in [2.75, 3.05) is 37.0 Å². The van der Waals surface area contributed by atoms with Crippen LogP contribution in [0.4, 0.5) is 11.9 Å². The van der Waals surface area contributed by atoms with Crippen LogP contribution in [0.2, 0.25) is 0 Å². The molecule has 3 heterocycles. The standard InChI is InChI=1S/C13H19N7O2/c1-8-14-11(19(2)3)16-12(15-8)20-6-4-9(5-7-20)10-17-18-13(21)22-10/h9H,4-7H2,1-3H3,(H,18,21). The van der Waals surface area contributed by atoms with E-state index < -0.39 is 5.76 Å². The van der Waals surface area contributed by atoms with Gasteiger partial charge in [0.15, 0.2) is 0 Å². The lowest BCUT2D eigenvalue weighted by molar-refractivity contribution is 0.378. The first-order chi connectivity index (χ1) is 10.5. The van der Waals surface area contributed by atoms with E-state index in [0.29, 0.717) is 23.6 Å². The van der Waals surface area contributed by atoms with Crippen LogP contribution in [0.3, 0.4) is 0 Å². The Labute approximate surface area is 127 Å². The van der Waals surface area contributed by atoms with E-state index in [0.717, 1.165) is 25.9 Å². The molecule has 0 bridgehead atoms. The molecule has 0 unspecified atom stereocenters. The van der Waals surface area contributed by atoms with Crippen LogP contribution in [0.25, 0.3) is 0 Å². The predicted octanol–water partition coefficient (Wildman–Crippen LogP) is 0.306. The molecule has 1 aliphatic rings. The third kappa shape index (κ3) is 2.92. The second-order valence-corrected chi connectivity index (χ2v) is 5.59. The van der Waals surface area contributed by atoms with Crippen molar-refractivity contribution in [2.45, 2.75) is 25.7 Å². The number of anilines is 2. The summed E-state index contributed by atoms with van der Waals surface area (Å²) in [6.45, 7) is 3.44. The fourth-order valence-corrected chi connectivity index (χ4v) is 2.54. The second-order valence-electron chi connectivity index (χ2n) is 5.59. The molecule has 3 rings (SSSR count). The second kappa shape index (κ2) is 5.74. The van der Waals surface area contributed by atoms with Crippen LogP contribution in [-0.2, 0) is 0 Å². The van der Waals surface area contributed by atoms with Gasteiger partial charge >= 0.3 is 5.76 Å². The molecule has 0 radical (unpaired) electrons. The van der Waals surface area contributed by atoms with Gasteiger partial charge in [-0.15, -0.1) is 5.10 Å². The number of nitrogens with one attached hydrogen (secondary N) is 1. The maximum atomic E-state index is 11.0. The van der Waals surface area contributed by atoms with E-state index in [9.17, 15) is 4.79 Å². The topological polar surface area (TPSA) is 104 Å². The largest absolute Gasteiger partial charge is 0.434 e. The van der Waals surface area contributed by atoms with Gasteiger partial charge in [0.25, 0.3) is 0 Å². The van der Waals surface area contributed by atoms with E-state index >= 15 is 0 Å². The highest BCUT2D eigenvalue weighted by Crippen LogP contribution is 2.27. The molecule has 1 fully saturated rings. The van der Waals surface area contributed by atoms with E-state index in [-0.39, 0.29) is 5.92 Å². The molecule has 9 heteroatoms. The average molecular weight is 305 g/mol. The molecule has 1 saturated heterocycles. The van der Waals surface area contributed by atoms with Gasteiger partial charge in [-0.25, -0.2) is 9.89 Å². The minimum atomic E-state index is -0.499. The zero-order chi connectivity index (χ0) is 15.7. The van der Waals surface area contributed by atoms with E-state index in [1.54, 1.807) is 0 Å². The Hall–Kier alpha value is -2.45. The Morgan fingerprint density at radius 1 is 1.23 bits per heavy atom. The lowest BCUT2D eigenvalue weighted by Gasteiger charge is -2.30. The number of aryl methyl sites for hydroxylation is 1. The van der Waals surface area contributed by atoms with Gasteiger partial charge in [-0.2, -0.15) is 15.0 Å². The number of hydrogen-bond acceptors (Lipinski definition) is 8. The number of aromatic amines is 1. The minimum Gasteiger partial charge on any atom is -0.392 e. The van der Waals surface area contributed by atoms with E-state index in [2.05, 4.69) is 30.0 Å². The molecule has 9 nitrogen and oxygen atoms in total. The van der Waals surface area contributed by atoms with E-state index in [4.69, 9.17) is 4.42 Å². The number of piperidine rings is 1. The van der Waals surface area contributed by atoms with Crippen molar-refractivity contribution in [3.63, 3.8) is 0 Å². The lowest BCUT2D eigenvalue weighted by atomic mass is 9.97. The van der Waals surface area contributed by atoms with Crippen LogP contribution >= 0.6 is 0 Å². The monoisotopic (exact) mass is 305 g/mol. The first kappa shape index (κ1) is 14.5. The molecule has 0 spiro atoms. The van der Waals surface area contributed by atoms with Crippen molar-refractivity contribution in [3.05, 3.63) is 22.3 Å². The average Bonchev–Trinajstić information content (AvgIpc) is 2.93. The number of nitrogens with zero attached hydrogens (tertiary/aromatic N) is 6. The van der Waals surface area contributed by atoms with Crippen molar-refractivity contribution < 1.29 is 4.42 Å². The van der Waals surface area contributed by atoms with Gasteiger partial charge in [-0.3, -0.25) is 0 Å². The van der Waals surface area contributed by atoms with Crippen LogP contribution < -0.4 is 15.6 Å².